The van der Waals surface area contributed by atoms with Crippen LogP contribution >= 0.6 is 0 Å². The number of aromatic nitrogens is 3. The predicted molar refractivity (Wildman–Crippen MR) is 38.8 cm³/mol. The lowest BCUT2D eigenvalue weighted by Gasteiger charge is -1.91. The molecule has 0 atom stereocenters. The Bertz CT molecular complexity index is 208. The Morgan fingerprint density at radius 3 is 3.00 bits per heavy atom. The Morgan fingerprint density at radius 1 is 1.70 bits per heavy atom. The van der Waals surface area contributed by atoms with Gasteiger partial charge in [-0.2, -0.15) is 15.2 Å². The van der Waals surface area contributed by atoms with E-state index in [0.717, 1.165) is 5.71 Å². The van der Waals surface area contributed by atoms with E-state index in [2.05, 4.69) is 25.7 Å². The van der Waals surface area contributed by atoms with Gasteiger partial charge in [-0.25, -0.2) is 10.5 Å². The van der Waals surface area contributed by atoms with Crippen molar-refractivity contribution < 1.29 is 0 Å². The van der Waals surface area contributed by atoms with Crippen LogP contribution in [0.2, 0.25) is 0 Å². The van der Waals surface area contributed by atoms with Gasteiger partial charge < -0.3 is 0 Å². The van der Waals surface area contributed by atoms with Gasteiger partial charge in [-0.05, 0) is 13.8 Å². The van der Waals surface area contributed by atoms with Crippen molar-refractivity contribution in [2.24, 2.45) is 5.10 Å². The van der Waals surface area contributed by atoms with E-state index in [1.165, 1.54) is 6.33 Å². The zero-order valence-electron chi connectivity index (χ0n) is 5.92. The van der Waals surface area contributed by atoms with Gasteiger partial charge in [0.15, 0.2) is 0 Å². The second kappa shape index (κ2) is 2.95. The molecule has 0 amide bonds. The van der Waals surface area contributed by atoms with Crippen LogP contribution in [0.4, 0.5) is 5.95 Å². The number of hydrogen-bond donors (Lipinski definition) is 2. The van der Waals surface area contributed by atoms with Crippen LogP contribution < -0.4 is 5.43 Å². The highest BCUT2D eigenvalue weighted by molar-refractivity contribution is 5.79. The standard InChI is InChI=1S/C5H9N5/c1-4(2)8-10-5-6-3-7-9-5/h3H,1-2H3,(H2,6,7,9,10). The van der Waals surface area contributed by atoms with E-state index >= 15 is 0 Å². The summed E-state index contributed by atoms with van der Waals surface area (Å²) in [5, 5.41) is 10.1. The van der Waals surface area contributed by atoms with Gasteiger partial charge in [0.2, 0.25) is 5.95 Å². The minimum atomic E-state index is 0.557. The van der Waals surface area contributed by atoms with Crippen molar-refractivity contribution in [2.45, 2.75) is 13.8 Å². The summed E-state index contributed by atoms with van der Waals surface area (Å²) in [5.41, 5.74) is 3.62. The number of hydrogen-bond acceptors (Lipinski definition) is 4. The molecule has 1 rings (SSSR count). The molecule has 0 fully saturated rings. The molecular weight excluding hydrogens is 130 g/mol. The highest BCUT2D eigenvalue weighted by Gasteiger charge is 1.87. The van der Waals surface area contributed by atoms with Crippen molar-refractivity contribution in [2.75, 3.05) is 5.43 Å². The van der Waals surface area contributed by atoms with Crippen LogP contribution in [0.1, 0.15) is 13.8 Å². The highest BCUT2D eigenvalue weighted by Crippen LogP contribution is 1.90. The molecule has 1 aromatic rings. The molecule has 1 heterocycles. The third-order valence-electron chi connectivity index (χ3n) is 0.800. The Labute approximate surface area is 58.6 Å². The average Bonchev–Trinajstić information content (AvgIpc) is 2.34. The lowest BCUT2D eigenvalue weighted by Crippen LogP contribution is -1.94. The SMILES string of the molecule is CC(C)=NNc1ncn[nH]1. The molecule has 0 spiro atoms. The maximum absolute atomic E-state index is 3.90. The van der Waals surface area contributed by atoms with Crippen LogP contribution in [0.5, 0.6) is 0 Å². The smallest absolute Gasteiger partial charge is 0.239 e. The highest BCUT2D eigenvalue weighted by atomic mass is 15.4. The van der Waals surface area contributed by atoms with E-state index in [0.29, 0.717) is 5.95 Å². The van der Waals surface area contributed by atoms with Crippen LogP contribution in [-0.4, -0.2) is 20.9 Å². The van der Waals surface area contributed by atoms with E-state index in [-0.39, 0.29) is 0 Å². The molecule has 0 saturated heterocycles. The lowest BCUT2D eigenvalue weighted by molar-refractivity contribution is 1.08. The Hall–Kier alpha value is -1.39. The molecule has 0 aromatic carbocycles. The molecule has 10 heavy (non-hydrogen) atoms. The first-order chi connectivity index (χ1) is 4.79. The average molecular weight is 139 g/mol. The predicted octanol–water partition coefficient (Wildman–Crippen LogP) is 0.612. The molecule has 0 saturated carbocycles. The molecule has 0 unspecified atom stereocenters. The van der Waals surface area contributed by atoms with Gasteiger partial charge in [-0.3, -0.25) is 0 Å². The van der Waals surface area contributed by atoms with E-state index in [1.54, 1.807) is 0 Å². The topological polar surface area (TPSA) is 66.0 Å². The summed E-state index contributed by atoms with van der Waals surface area (Å²) in [5.74, 6) is 0.557. The fourth-order valence-corrected chi connectivity index (χ4v) is 0.424. The van der Waals surface area contributed by atoms with Crippen LogP contribution in [0, 0.1) is 0 Å². The molecule has 0 radical (unpaired) electrons. The molecule has 0 bridgehead atoms. The second-order valence-electron chi connectivity index (χ2n) is 2.00. The van der Waals surface area contributed by atoms with Gasteiger partial charge in [0.1, 0.15) is 6.33 Å². The van der Waals surface area contributed by atoms with Crippen molar-refractivity contribution in [1.29, 1.82) is 0 Å². The Kier molecular flexibility index (Phi) is 1.99. The van der Waals surface area contributed by atoms with Gasteiger partial charge in [0, 0.05) is 5.71 Å². The summed E-state index contributed by atoms with van der Waals surface area (Å²) in [4.78, 5) is 3.80. The van der Waals surface area contributed by atoms with Crippen molar-refractivity contribution in [1.82, 2.24) is 15.2 Å². The third-order valence-corrected chi connectivity index (χ3v) is 0.800. The summed E-state index contributed by atoms with van der Waals surface area (Å²) < 4.78 is 0. The van der Waals surface area contributed by atoms with Gasteiger partial charge >= 0.3 is 0 Å². The van der Waals surface area contributed by atoms with Gasteiger partial charge in [-0.15, -0.1) is 0 Å². The zero-order chi connectivity index (χ0) is 7.40. The quantitative estimate of drug-likeness (QED) is 0.466. The fraction of sp³-hybridized carbons (Fsp3) is 0.400. The Balaban J connectivity index is 2.49. The number of nitrogens with zero attached hydrogens (tertiary/aromatic N) is 3. The van der Waals surface area contributed by atoms with Gasteiger partial charge in [0.05, 0.1) is 0 Å². The van der Waals surface area contributed by atoms with Crippen LogP contribution in [0.3, 0.4) is 0 Å². The molecule has 0 aliphatic carbocycles. The zero-order valence-corrected chi connectivity index (χ0v) is 5.92. The van der Waals surface area contributed by atoms with Crippen molar-refractivity contribution >= 4 is 11.7 Å². The maximum atomic E-state index is 3.90. The van der Waals surface area contributed by atoms with E-state index < -0.39 is 0 Å². The maximum Gasteiger partial charge on any atom is 0.239 e. The number of rotatable bonds is 2. The first kappa shape index (κ1) is 6.73. The summed E-state index contributed by atoms with van der Waals surface area (Å²) in [7, 11) is 0. The largest absolute Gasteiger partial charge is 0.246 e. The van der Waals surface area contributed by atoms with Crippen LogP contribution in [-0.2, 0) is 0 Å². The summed E-state index contributed by atoms with van der Waals surface area (Å²) in [6, 6.07) is 0. The monoisotopic (exact) mass is 139 g/mol. The minimum Gasteiger partial charge on any atom is -0.246 e. The number of anilines is 1. The van der Waals surface area contributed by atoms with E-state index in [9.17, 15) is 0 Å². The molecule has 0 aliphatic heterocycles. The number of aromatic amines is 1. The van der Waals surface area contributed by atoms with Gasteiger partial charge in [-0.1, -0.05) is 0 Å². The van der Waals surface area contributed by atoms with Gasteiger partial charge in [0.25, 0.3) is 0 Å². The number of H-pyrrole nitrogens is 1. The first-order valence-corrected chi connectivity index (χ1v) is 2.91. The Morgan fingerprint density at radius 2 is 2.50 bits per heavy atom. The summed E-state index contributed by atoms with van der Waals surface area (Å²) in [6.07, 6.45) is 1.42. The number of hydrazone groups is 1. The molecule has 0 aliphatic rings. The molecule has 1 aromatic heterocycles. The summed E-state index contributed by atoms with van der Waals surface area (Å²) >= 11 is 0. The van der Waals surface area contributed by atoms with E-state index in [1.807, 2.05) is 13.8 Å². The lowest BCUT2D eigenvalue weighted by atomic mass is 10.5. The van der Waals surface area contributed by atoms with Crippen LogP contribution in [0.25, 0.3) is 0 Å². The van der Waals surface area contributed by atoms with Crippen molar-refractivity contribution in [3.63, 3.8) is 0 Å². The third kappa shape index (κ3) is 1.85. The normalized spacial score (nSPS) is 9.00. The molecule has 5 heteroatoms. The summed E-state index contributed by atoms with van der Waals surface area (Å²) in [6.45, 7) is 3.78. The molecule has 2 N–H and O–H groups in total. The number of nitrogens with one attached hydrogen (secondary N) is 2. The fourth-order valence-electron chi connectivity index (χ4n) is 0.424. The van der Waals surface area contributed by atoms with E-state index in [4.69, 9.17) is 0 Å². The minimum absolute atomic E-state index is 0.557. The second-order valence-corrected chi connectivity index (χ2v) is 2.00. The first-order valence-electron chi connectivity index (χ1n) is 2.91. The van der Waals surface area contributed by atoms with Crippen molar-refractivity contribution in [3.8, 4) is 0 Å². The molecule has 5 nitrogen and oxygen atoms in total. The van der Waals surface area contributed by atoms with Crippen molar-refractivity contribution in [3.05, 3.63) is 6.33 Å². The molecular formula is C5H9N5. The molecule has 54 valence electrons. The van der Waals surface area contributed by atoms with Crippen LogP contribution in [0.15, 0.2) is 11.4 Å².